The molecule has 3 rings (SSSR count). The third-order valence-electron chi connectivity index (χ3n) is 4.43. The first-order valence-electron chi connectivity index (χ1n) is 9.16. The standard InChI is InChI=1S/C19H19Cl2N3O5S/c20-15-8-9-16(21)23-18(15)19(26)29-12-17(25)22-13-4-6-14(7-5-13)30(27,28)24-10-2-1-3-11-24/h4-9H,1-3,10-12H2,(H,22,25). The number of halogens is 2. The largest absolute Gasteiger partial charge is 0.451 e. The Kier molecular flexibility index (Phi) is 7.30. The van der Waals surface area contributed by atoms with Crippen LogP contribution in [0.3, 0.4) is 0 Å². The maximum absolute atomic E-state index is 12.6. The molecule has 1 aromatic carbocycles. The number of carbonyl (C=O) groups excluding carboxylic acids is 2. The second-order valence-corrected chi connectivity index (χ2v) is 9.31. The van der Waals surface area contributed by atoms with Gasteiger partial charge < -0.3 is 10.1 Å². The molecule has 0 radical (unpaired) electrons. The quantitative estimate of drug-likeness (QED) is 0.511. The van der Waals surface area contributed by atoms with Crippen LogP contribution in [0, 0.1) is 0 Å². The van der Waals surface area contributed by atoms with Crippen LogP contribution in [0.1, 0.15) is 29.8 Å². The summed E-state index contributed by atoms with van der Waals surface area (Å²) in [7, 11) is -3.55. The summed E-state index contributed by atoms with van der Waals surface area (Å²) in [5, 5.41) is 2.65. The molecule has 2 heterocycles. The molecule has 1 amide bonds. The normalized spacial score (nSPS) is 14.9. The number of hydrogen-bond acceptors (Lipinski definition) is 6. The molecule has 1 N–H and O–H groups in total. The van der Waals surface area contributed by atoms with E-state index in [-0.39, 0.29) is 20.8 Å². The van der Waals surface area contributed by atoms with Crippen LogP contribution in [0.25, 0.3) is 0 Å². The van der Waals surface area contributed by atoms with Crippen molar-refractivity contribution < 1.29 is 22.7 Å². The van der Waals surface area contributed by atoms with Gasteiger partial charge in [-0.05, 0) is 49.2 Å². The number of piperidine rings is 1. The molecule has 1 fully saturated rings. The minimum absolute atomic E-state index is 0.0512. The number of benzene rings is 1. The lowest BCUT2D eigenvalue weighted by atomic mass is 10.2. The highest BCUT2D eigenvalue weighted by molar-refractivity contribution is 7.89. The number of rotatable bonds is 6. The maximum Gasteiger partial charge on any atom is 0.359 e. The van der Waals surface area contributed by atoms with Gasteiger partial charge in [0.05, 0.1) is 9.92 Å². The van der Waals surface area contributed by atoms with E-state index in [0.717, 1.165) is 19.3 Å². The molecular weight excluding hydrogens is 453 g/mol. The smallest absolute Gasteiger partial charge is 0.359 e. The topological polar surface area (TPSA) is 106 Å². The van der Waals surface area contributed by atoms with E-state index in [4.69, 9.17) is 27.9 Å². The van der Waals surface area contributed by atoms with Crippen molar-refractivity contribution in [3.05, 3.63) is 52.3 Å². The SMILES string of the molecule is O=C(COC(=O)c1nc(Cl)ccc1Cl)Nc1ccc(S(=O)(=O)N2CCCCC2)cc1. The summed E-state index contributed by atoms with van der Waals surface area (Å²) >= 11 is 11.6. The molecule has 1 aromatic heterocycles. The van der Waals surface area contributed by atoms with Crippen molar-refractivity contribution >= 4 is 50.8 Å². The highest BCUT2D eigenvalue weighted by Crippen LogP contribution is 2.22. The van der Waals surface area contributed by atoms with Gasteiger partial charge in [0.15, 0.2) is 12.3 Å². The van der Waals surface area contributed by atoms with Crippen molar-refractivity contribution in [2.45, 2.75) is 24.2 Å². The second kappa shape index (κ2) is 9.74. The Morgan fingerprint density at radius 2 is 1.70 bits per heavy atom. The fourth-order valence-electron chi connectivity index (χ4n) is 2.92. The predicted octanol–water partition coefficient (Wildman–Crippen LogP) is 3.36. The van der Waals surface area contributed by atoms with E-state index in [1.807, 2.05) is 0 Å². The van der Waals surface area contributed by atoms with Crippen LogP contribution >= 0.6 is 23.2 Å². The summed E-state index contributed by atoms with van der Waals surface area (Å²) in [4.78, 5) is 28.0. The predicted molar refractivity (Wildman–Crippen MR) is 112 cm³/mol. The first-order chi connectivity index (χ1) is 14.3. The number of sulfonamides is 1. The van der Waals surface area contributed by atoms with Gasteiger partial charge in [-0.3, -0.25) is 4.79 Å². The van der Waals surface area contributed by atoms with E-state index in [1.165, 1.54) is 40.7 Å². The van der Waals surface area contributed by atoms with Gasteiger partial charge in [-0.25, -0.2) is 18.2 Å². The Bertz CT molecular complexity index is 1040. The number of nitrogens with one attached hydrogen (secondary N) is 1. The molecule has 0 saturated carbocycles. The Morgan fingerprint density at radius 3 is 2.37 bits per heavy atom. The first kappa shape index (κ1) is 22.5. The summed E-state index contributed by atoms with van der Waals surface area (Å²) in [5.74, 6) is -1.49. The zero-order chi connectivity index (χ0) is 21.7. The van der Waals surface area contributed by atoms with Crippen molar-refractivity contribution in [1.82, 2.24) is 9.29 Å². The average molecular weight is 472 g/mol. The van der Waals surface area contributed by atoms with E-state index in [2.05, 4.69) is 10.3 Å². The first-order valence-corrected chi connectivity index (χ1v) is 11.4. The number of pyridine rings is 1. The maximum atomic E-state index is 12.6. The molecule has 0 unspecified atom stereocenters. The molecule has 160 valence electrons. The monoisotopic (exact) mass is 471 g/mol. The van der Waals surface area contributed by atoms with Crippen molar-refractivity contribution in [2.24, 2.45) is 0 Å². The van der Waals surface area contributed by atoms with E-state index in [1.54, 1.807) is 0 Å². The van der Waals surface area contributed by atoms with E-state index in [9.17, 15) is 18.0 Å². The Balaban J connectivity index is 1.57. The van der Waals surface area contributed by atoms with Crippen molar-refractivity contribution in [3.63, 3.8) is 0 Å². The summed E-state index contributed by atoms with van der Waals surface area (Å²) in [5.41, 5.74) is 0.178. The molecule has 1 saturated heterocycles. The van der Waals surface area contributed by atoms with Crippen LogP contribution < -0.4 is 5.32 Å². The van der Waals surface area contributed by atoms with E-state index in [0.29, 0.717) is 18.8 Å². The number of nitrogens with zero attached hydrogens (tertiary/aromatic N) is 2. The number of amides is 1. The fraction of sp³-hybridized carbons (Fsp3) is 0.316. The Hall–Kier alpha value is -2.20. The number of anilines is 1. The molecule has 8 nitrogen and oxygen atoms in total. The summed E-state index contributed by atoms with van der Waals surface area (Å²) < 4.78 is 31.6. The molecule has 0 aliphatic carbocycles. The van der Waals surface area contributed by atoms with Gasteiger partial charge in [0.1, 0.15) is 5.15 Å². The zero-order valence-corrected chi connectivity index (χ0v) is 18.1. The number of ether oxygens (including phenoxy) is 1. The van der Waals surface area contributed by atoms with Crippen molar-refractivity contribution in [3.8, 4) is 0 Å². The number of aromatic nitrogens is 1. The lowest BCUT2D eigenvalue weighted by Gasteiger charge is -2.25. The Labute approximate surface area is 184 Å². The molecular formula is C19H19Cl2N3O5S. The van der Waals surface area contributed by atoms with Crippen LogP contribution in [-0.4, -0.2) is 49.3 Å². The number of carbonyl (C=O) groups is 2. The van der Waals surface area contributed by atoms with Crippen LogP contribution in [0.15, 0.2) is 41.3 Å². The van der Waals surface area contributed by atoms with Crippen LogP contribution in [0.4, 0.5) is 5.69 Å². The van der Waals surface area contributed by atoms with Gasteiger partial charge in [-0.2, -0.15) is 4.31 Å². The van der Waals surface area contributed by atoms with Gasteiger partial charge in [0.25, 0.3) is 5.91 Å². The van der Waals surface area contributed by atoms with Gasteiger partial charge >= 0.3 is 5.97 Å². The number of hydrogen-bond donors (Lipinski definition) is 1. The molecule has 11 heteroatoms. The minimum Gasteiger partial charge on any atom is -0.451 e. The number of esters is 1. The van der Waals surface area contributed by atoms with Crippen LogP contribution in [0.2, 0.25) is 10.2 Å². The lowest BCUT2D eigenvalue weighted by Crippen LogP contribution is -2.35. The molecule has 1 aliphatic rings. The van der Waals surface area contributed by atoms with Crippen LogP contribution in [-0.2, 0) is 19.6 Å². The molecule has 0 bridgehead atoms. The van der Waals surface area contributed by atoms with E-state index < -0.39 is 28.5 Å². The summed E-state index contributed by atoms with van der Waals surface area (Å²) in [6.45, 7) is 0.451. The van der Waals surface area contributed by atoms with Crippen molar-refractivity contribution in [1.29, 1.82) is 0 Å². The van der Waals surface area contributed by atoms with Gasteiger partial charge in [0.2, 0.25) is 10.0 Å². The second-order valence-electron chi connectivity index (χ2n) is 6.58. The van der Waals surface area contributed by atoms with Crippen LogP contribution in [0.5, 0.6) is 0 Å². The third-order valence-corrected chi connectivity index (χ3v) is 6.86. The molecule has 30 heavy (non-hydrogen) atoms. The average Bonchev–Trinajstić information content (AvgIpc) is 2.75. The lowest BCUT2D eigenvalue weighted by molar-refractivity contribution is -0.119. The van der Waals surface area contributed by atoms with Gasteiger partial charge in [0, 0.05) is 18.8 Å². The highest BCUT2D eigenvalue weighted by atomic mass is 35.5. The summed E-state index contributed by atoms with van der Waals surface area (Å²) in [6, 6.07) is 8.63. The zero-order valence-electron chi connectivity index (χ0n) is 15.8. The van der Waals surface area contributed by atoms with E-state index >= 15 is 0 Å². The molecule has 0 spiro atoms. The molecule has 0 atom stereocenters. The fourth-order valence-corrected chi connectivity index (χ4v) is 4.77. The molecule has 1 aliphatic heterocycles. The molecule has 2 aromatic rings. The van der Waals surface area contributed by atoms with Crippen molar-refractivity contribution in [2.75, 3.05) is 25.0 Å². The summed E-state index contributed by atoms with van der Waals surface area (Å²) in [6.07, 6.45) is 2.73. The Morgan fingerprint density at radius 1 is 1.03 bits per heavy atom. The minimum atomic E-state index is -3.55. The van der Waals surface area contributed by atoms with Gasteiger partial charge in [-0.15, -0.1) is 0 Å². The third kappa shape index (κ3) is 5.48. The highest BCUT2D eigenvalue weighted by Gasteiger charge is 2.25. The van der Waals surface area contributed by atoms with Gasteiger partial charge in [-0.1, -0.05) is 29.6 Å².